The molecule has 0 saturated carbocycles. The van der Waals surface area contributed by atoms with Crippen LogP contribution >= 0.6 is 0 Å². The number of carbonyl (C=O) groups excluding carboxylic acids is 1. The number of rotatable bonds is 2. The Balaban J connectivity index is 1.83. The number of benzene rings is 2. The molecule has 0 bridgehead atoms. The van der Waals surface area contributed by atoms with E-state index in [-0.39, 0.29) is 5.91 Å². The van der Waals surface area contributed by atoms with Crippen LogP contribution in [0, 0.1) is 6.92 Å². The molecule has 0 aromatic heterocycles. The second-order valence-corrected chi connectivity index (χ2v) is 5.11. The van der Waals surface area contributed by atoms with Gasteiger partial charge in [0, 0.05) is 11.3 Å². The lowest BCUT2D eigenvalue weighted by Gasteiger charge is -2.09. The Bertz CT molecular complexity index is 631. The molecule has 2 nitrogen and oxygen atoms in total. The van der Waals surface area contributed by atoms with Gasteiger partial charge in [0.1, 0.15) is 0 Å². The zero-order valence-corrected chi connectivity index (χ0v) is 11.1. The molecule has 1 amide bonds. The van der Waals surface area contributed by atoms with Crippen molar-refractivity contribution in [3.8, 4) is 0 Å². The molecule has 1 aliphatic rings. The second kappa shape index (κ2) is 4.88. The quantitative estimate of drug-likeness (QED) is 0.865. The van der Waals surface area contributed by atoms with Crippen molar-refractivity contribution in [3.63, 3.8) is 0 Å². The Kier molecular flexibility index (Phi) is 3.08. The lowest BCUT2D eigenvalue weighted by atomic mass is 10.1. The smallest absolute Gasteiger partial charge is 0.255 e. The molecule has 19 heavy (non-hydrogen) atoms. The van der Waals surface area contributed by atoms with Gasteiger partial charge >= 0.3 is 0 Å². The van der Waals surface area contributed by atoms with Gasteiger partial charge in [-0.05, 0) is 61.1 Å². The third-order valence-corrected chi connectivity index (χ3v) is 3.75. The molecule has 1 aliphatic carbocycles. The van der Waals surface area contributed by atoms with Crippen molar-refractivity contribution < 1.29 is 4.79 Å². The molecule has 0 heterocycles. The van der Waals surface area contributed by atoms with E-state index < -0.39 is 0 Å². The molecule has 0 aliphatic heterocycles. The molecule has 0 saturated heterocycles. The molecule has 0 atom stereocenters. The Morgan fingerprint density at radius 1 is 1.05 bits per heavy atom. The average Bonchev–Trinajstić information content (AvgIpc) is 2.88. The van der Waals surface area contributed by atoms with Crippen molar-refractivity contribution in [2.24, 2.45) is 0 Å². The summed E-state index contributed by atoms with van der Waals surface area (Å²) in [6.45, 7) is 2.00. The third kappa shape index (κ3) is 2.39. The number of hydrogen-bond donors (Lipinski definition) is 1. The predicted molar refractivity (Wildman–Crippen MR) is 77.6 cm³/mol. The van der Waals surface area contributed by atoms with Gasteiger partial charge in [-0.2, -0.15) is 0 Å². The van der Waals surface area contributed by atoms with Gasteiger partial charge in [-0.1, -0.05) is 24.3 Å². The van der Waals surface area contributed by atoms with Crippen LogP contribution in [0.5, 0.6) is 0 Å². The van der Waals surface area contributed by atoms with E-state index in [0.29, 0.717) is 0 Å². The maximum atomic E-state index is 12.3. The molecule has 2 heteroatoms. The summed E-state index contributed by atoms with van der Waals surface area (Å²) in [7, 11) is 0. The van der Waals surface area contributed by atoms with Crippen LogP contribution in [0.15, 0.2) is 42.5 Å². The average molecular weight is 251 g/mol. The second-order valence-electron chi connectivity index (χ2n) is 5.11. The van der Waals surface area contributed by atoms with Gasteiger partial charge in [0.2, 0.25) is 0 Å². The molecular weight excluding hydrogens is 234 g/mol. The van der Waals surface area contributed by atoms with Gasteiger partial charge < -0.3 is 5.32 Å². The van der Waals surface area contributed by atoms with Crippen LogP contribution in [0.25, 0.3) is 0 Å². The summed E-state index contributed by atoms with van der Waals surface area (Å²) in [5.74, 6) is -0.0241. The van der Waals surface area contributed by atoms with Gasteiger partial charge in [0.25, 0.3) is 5.91 Å². The van der Waals surface area contributed by atoms with E-state index in [1.807, 2.05) is 43.3 Å². The van der Waals surface area contributed by atoms with Crippen LogP contribution in [-0.4, -0.2) is 5.91 Å². The van der Waals surface area contributed by atoms with E-state index in [0.717, 1.165) is 29.7 Å². The normalized spacial score (nSPS) is 13.1. The number of hydrogen-bond acceptors (Lipinski definition) is 1. The fraction of sp³-hybridized carbons (Fsp3) is 0.235. The Hall–Kier alpha value is -2.09. The van der Waals surface area contributed by atoms with Crippen LogP contribution in [0.3, 0.4) is 0 Å². The van der Waals surface area contributed by atoms with E-state index in [1.54, 1.807) is 0 Å². The standard InChI is InChI=1S/C17H17NO/c1-12-5-2-3-8-16(12)18-17(19)15-10-9-13-6-4-7-14(13)11-15/h2-3,5,8-11H,4,6-7H2,1H3,(H,18,19). The summed E-state index contributed by atoms with van der Waals surface area (Å²) in [4.78, 5) is 12.3. The molecule has 0 radical (unpaired) electrons. The summed E-state index contributed by atoms with van der Waals surface area (Å²) in [5.41, 5.74) is 5.44. The molecule has 0 unspecified atom stereocenters. The minimum Gasteiger partial charge on any atom is -0.322 e. The molecule has 96 valence electrons. The lowest BCUT2D eigenvalue weighted by molar-refractivity contribution is 0.102. The van der Waals surface area contributed by atoms with Gasteiger partial charge in [0.15, 0.2) is 0 Å². The Morgan fingerprint density at radius 2 is 1.84 bits per heavy atom. The van der Waals surface area contributed by atoms with Crippen LogP contribution in [0.2, 0.25) is 0 Å². The maximum Gasteiger partial charge on any atom is 0.255 e. The highest BCUT2D eigenvalue weighted by molar-refractivity contribution is 6.04. The number of amides is 1. The number of fused-ring (bicyclic) bond motifs is 1. The van der Waals surface area contributed by atoms with Gasteiger partial charge in [-0.15, -0.1) is 0 Å². The van der Waals surface area contributed by atoms with Crippen molar-refractivity contribution in [2.45, 2.75) is 26.2 Å². The molecule has 2 aromatic rings. The monoisotopic (exact) mass is 251 g/mol. The van der Waals surface area contributed by atoms with E-state index in [1.165, 1.54) is 17.5 Å². The van der Waals surface area contributed by atoms with Gasteiger partial charge in [0.05, 0.1) is 0 Å². The largest absolute Gasteiger partial charge is 0.322 e. The Labute approximate surface area is 113 Å². The van der Waals surface area contributed by atoms with Crippen molar-refractivity contribution in [2.75, 3.05) is 5.32 Å². The number of nitrogens with one attached hydrogen (secondary N) is 1. The number of aryl methyl sites for hydroxylation is 3. The number of para-hydroxylation sites is 1. The minimum absolute atomic E-state index is 0.0241. The zero-order chi connectivity index (χ0) is 13.2. The van der Waals surface area contributed by atoms with Crippen LogP contribution < -0.4 is 5.32 Å². The SMILES string of the molecule is Cc1ccccc1NC(=O)c1ccc2c(c1)CCC2. The van der Waals surface area contributed by atoms with Crippen LogP contribution in [0.1, 0.15) is 33.5 Å². The Morgan fingerprint density at radius 3 is 2.68 bits per heavy atom. The summed E-state index contributed by atoms with van der Waals surface area (Å²) in [6.07, 6.45) is 3.45. The summed E-state index contributed by atoms with van der Waals surface area (Å²) >= 11 is 0. The van der Waals surface area contributed by atoms with Crippen molar-refractivity contribution in [1.82, 2.24) is 0 Å². The topological polar surface area (TPSA) is 29.1 Å². The van der Waals surface area contributed by atoms with Crippen LogP contribution in [0.4, 0.5) is 5.69 Å². The molecule has 3 rings (SSSR count). The minimum atomic E-state index is -0.0241. The maximum absolute atomic E-state index is 12.3. The summed E-state index contributed by atoms with van der Waals surface area (Å²) < 4.78 is 0. The first-order chi connectivity index (χ1) is 9.24. The molecular formula is C17H17NO. The summed E-state index contributed by atoms with van der Waals surface area (Å²) in [6, 6.07) is 13.9. The van der Waals surface area contributed by atoms with E-state index in [2.05, 4.69) is 11.4 Å². The molecule has 2 aromatic carbocycles. The third-order valence-electron chi connectivity index (χ3n) is 3.75. The molecule has 0 fully saturated rings. The van der Waals surface area contributed by atoms with Crippen molar-refractivity contribution in [3.05, 3.63) is 64.7 Å². The fourth-order valence-electron chi connectivity index (χ4n) is 2.62. The first kappa shape index (κ1) is 12.0. The first-order valence-electron chi connectivity index (χ1n) is 6.73. The van der Waals surface area contributed by atoms with Gasteiger partial charge in [-0.25, -0.2) is 0 Å². The zero-order valence-electron chi connectivity index (χ0n) is 11.1. The van der Waals surface area contributed by atoms with Crippen molar-refractivity contribution in [1.29, 1.82) is 0 Å². The number of anilines is 1. The summed E-state index contributed by atoms with van der Waals surface area (Å²) in [5, 5.41) is 2.98. The van der Waals surface area contributed by atoms with E-state index in [9.17, 15) is 4.79 Å². The lowest BCUT2D eigenvalue weighted by Crippen LogP contribution is -2.13. The van der Waals surface area contributed by atoms with E-state index >= 15 is 0 Å². The molecule has 1 N–H and O–H groups in total. The van der Waals surface area contributed by atoms with Crippen molar-refractivity contribution >= 4 is 11.6 Å². The number of carbonyl (C=O) groups is 1. The highest BCUT2D eigenvalue weighted by Gasteiger charge is 2.14. The first-order valence-corrected chi connectivity index (χ1v) is 6.73. The highest BCUT2D eigenvalue weighted by atomic mass is 16.1. The predicted octanol–water partition coefficient (Wildman–Crippen LogP) is 3.74. The van der Waals surface area contributed by atoms with Crippen LogP contribution in [-0.2, 0) is 12.8 Å². The van der Waals surface area contributed by atoms with Gasteiger partial charge in [-0.3, -0.25) is 4.79 Å². The fourth-order valence-corrected chi connectivity index (χ4v) is 2.62. The molecule has 0 spiro atoms. The highest BCUT2D eigenvalue weighted by Crippen LogP contribution is 2.23. The van der Waals surface area contributed by atoms with E-state index in [4.69, 9.17) is 0 Å².